The second-order valence-electron chi connectivity index (χ2n) is 3.68. The molecule has 0 fully saturated rings. The number of para-hydroxylation sites is 1. The lowest BCUT2D eigenvalue weighted by molar-refractivity contribution is -0.142. The minimum atomic E-state index is -0.259. The molecule has 0 heterocycles. The topological polar surface area (TPSA) is 55.4 Å². The van der Waals surface area contributed by atoms with Crippen molar-refractivity contribution in [3.05, 3.63) is 35.9 Å². The SMILES string of the molecule is CCOC(=O)CC=Cc1ccccc1NC(C)=O. The summed E-state index contributed by atoms with van der Waals surface area (Å²) in [4.78, 5) is 22.2. The summed E-state index contributed by atoms with van der Waals surface area (Å²) in [6.07, 6.45) is 3.74. The smallest absolute Gasteiger partial charge is 0.309 e. The van der Waals surface area contributed by atoms with Gasteiger partial charge in [0.05, 0.1) is 13.0 Å². The van der Waals surface area contributed by atoms with E-state index >= 15 is 0 Å². The quantitative estimate of drug-likeness (QED) is 0.814. The molecule has 1 aromatic rings. The van der Waals surface area contributed by atoms with Gasteiger partial charge < -0.3 is 10.1 Å². The molecule has 0 saturated carbocycles. The number of carbonyl (C=O) groups is 2. The number of amides is 1. The number of hydrogen-bond donors (Lipinski definition) is 1. The standard InChI is InChI=1S/C14H17NO3/c1-3-18-14(17)10-6-8-12-7-4-5-9-13(12)15-11(2)16/h4-9H,3,10H2,1-2H3,(H,15,16). The molecule has 0 atom stereocenters. The van der Waals surface area contributed by atoms with Crippen LogP contribution >= 0.6 is 0 Å². The molecule has 1 amide bonds. The minimum absolute atomic E-state index is 0.124. The summed E-state index contributed by atoms with van der Waals surface area (Å²) in [7, 11) is 0. The molecule has 0 saturated heterocycles. The Labute approximate surface area is 107 Å². The second kappa shape index (κ2) is 7.27. The molecule has 1 N–H and O–H groups in total. The number of hydrogen-bond acceptors (Lipinski definition) is 3. The molecular formula is C14H17NO3. The summed E-state index contributed by atoms with van der Waals surface area (Å²) in [5, 5.41) is 2.73. The fourth-order valence-corrected chi connectivity index (χ4v) is 1.45. The number of rotatable bonds is 5. The summed E-state index contributed by atoms with van der Waals surface area (Å²) >= 11 is 0. The first-order valence-corrected chi connectivity index (χ1v) is 5.82. The summed E-state index contributed by atoms with van der Waals surface area (Å²) in [6, 6.07) is 7.39. The average Bonchev–Trinajstić information content (AvgIpc) is 2.31. The lowest BCUT2D eigenvalue weighted by atomic mass is 10.1. The zero-order valence-corrected chi connectivity index (χ0v) is 10.6. The number of ether oxygens (including phenoxy) is 1. The van der Waals surface area contributed by atoms with Crippen LogP contribution in [0.5, 0.6) is 0 Å². The van der Waals surface area contributed by atoms with Gasteiger partial charge in [-0.05, 0) is 18.6 Å². The molecule has 0 aliphatic rings. The third kappa shape index (κ3) is 4.82. The van der Waals surface area contributed by atoms with Gasteiger partial charge in [-0.25, -0.2) is 0 Å². The van der Waals surface area contributed by atoms with Crippen LogP contribution in [0.15, 0.2) is 30.3 Å². The summed E-state index contributed by atoms with van der Waals surface area (Å²) in [5.74, 6) is -0.382. The van der Waals surface area contributed by atoms with Crippen molar-refractivity contribution in [2.24, 2.45) is 0 Å². The van der Waals surface area contributed by atoms with E-state index in [-0.39, 0.29) is 18.3 Å². The first-order valence-electron chi connectivity index (χ1n) is 5.82. The third-order valence-corrected chi connectivity index (χ3v) is 2.16. The van der Waals surface area contributed by atoms with E-state index in [1.165, 1.54) is 6.92 Å². The summed E-state index contributed by atoms with van der Waals surface area (Å²) < 4.78 is 4.81. The Morgan fingerprint density at radius 2 is 2.06 bits per heavy atom. The molecule has 0 aliphatic carbocycles. The zero-order valence-electron chi connectivity index (χ0n) is 10.6. The Balaban J connectivity index is 2.68. The first-order chi connectivity index (χ1) is 8.63. The lowest BCUT2D eigenvalue weighted by Crippen LogP contribution is -2.06. The van der Waals surface area contributed by atoms with Crippen LogP contribution in [0.3, 0.4) is 0 Å². The molecule has 1 rings (SSSR count). The molecule has 0 aliphatic heterocycles. The molecule has 0 aromatic heterocycles. The number of nitrogens with one attached hydrogen (secondary N) is 1. The van der Waals surface area contributed by atoms with E-state index in [2.05, 4.69) is 5.32 Å². The van der Waals surface area contributed by atoms with Crippen molar-refractivity contribution in [1.82, 2.24) is 0 Å². The molecule has 18 heavy (non-hydrogen) atoms. The van der Waals surface area contributed by atoms with Gasteiger partial charge in [-0.15, -0.1) is 0 Å². The van der Waals surface area contributed by atoms with Crippen LogP contribution in [0.2, 0.25) is 0 Å². The van der Waals surface area contributed by atoms with Crippen LogP contribution in [-0.2, 0) is 14.3 Å². The predicted molar refractivity (Wildman–Crippen MR) is 71.0 cm³/mol. The van der Waals surface area contributed by atoms with Crippen molar-refractivity contribution in [3.63, 3.8) is 0 Å². The highest BCUT2D eigenvalue weighted by molar-refractivity contribution is 5.91. The van der Waals surface area contributed by atoms with Gasteiger partial charge in [0.2, 0.25) is 5.91 Å². The van der Waals surface area contributed by atoms with Gasteiger partial charge in [0.15, 0.2) is 0 Å². The summed E-state index contributed by atoms with van der Waals surface area (Å²) in [6.45, 7) is 3.61. The van der Waals surface area contributed by atoms with E-state index < -0.39 is 0 Å². The molecule has 96 valence electrons. The Hall–Kier alpha value is -2.10. The lowest BCUT2D eigenvalue weighted by Gasteiger charge is -2.05. The maximum Gasteiger partial charge on any atom is 0.309 e. The van der Waals surface area contributed by atoms with Gasteiger partial charge in [0.25, 0.3) is 0 Å². The normalized spacial score (nSPS) is 10.3. The molecule has 0 bridgehead atoms. The molecule has 0 radical (unpaired) electrons. The van der Waals surface area contributed by atoms with E-state index in [9.17, 15) is 9.59 Å². The maximum absolute atomic E-state index is 11.2. The fourth-order valence-electron chi connectivity index (χ4n) is 1.45. The van der Waals surface area contributed by atoms with Crippen molar-refractivity contribution in [1.29, 1.82) is 0 Å². The maximum atomic E-state index is 11.2. The van der Waals surface area contributed by atoms with Crippen molar-refractivity contribution in [3.8, 4) is 0 Å². The Bertz CT molecular complexity index is 452. The van der Waals surface area contributed by atoms with E-state index in [0.29, 0.717) is 6.61 Å². The fraction of sp³-hybridized carbons (Fsp3) is 0.286. The highest BCUT2D eigenvalue weighted by atomic mass is 16.5. The Morgan fingerprint density at radius 1 is 1.33 bits per heavy atom. The van der Waals surface area contributed by atoms with Crippen molar-refractivity contribution >= 4 is 23.6 Å². The Kier molecular flexibility index (Phi) is 5.64. The predicted octanol–water partition coefficient (Wildman–Crippen LogP) is 2.61. The van der Waals surface area contributed by atoms with E-state index in [1.54, 1.807) is 19.1 Å². The monoisotopic (exact) mass is 247 g/mol. The molecule has 0 unspecified atom stereocenters. The van der Waals surface area contributed by atoms with Gasteiger partial charge in [-0.2, -0.15) is 0 Å². The highest BCUT2D eigenvalue weighted by Gasteiger charge is 2.01. The zero-order chi connectivity index (χ0) is 13.4. The first kappa shape index (κ1) is 14.0. The second-order valence-corrected chi connectivity index (χ2v) is 3.68. The van der Waals surface area contributed by atoms with Gasteiger partial charge >= 0.3 is 5.97 Å². The number of carbonyl (C=O) groups excluding carboxylic acids is 2. The van der Waals surface area contributed by atoms with Gasteiger partial charge in [-0.1, -0.05) is 30.4 Å². The van der Waals surface area contributed by atoms with Crippen LogP contribution in [0.25, 0.3) is 6.08 Å². The van der Waals surface area contributed by atoms with Crippen LogP contribution < -0.4 is 5.32 Å². The van der Waals surface area contributed by atoms with Crippen molar-refractivity contribution < 1.29 is 14.3 Å². The van der Waals surface area contributed by atoms with Gasteiger partial charge in [-0.3, -0.25) is 9.59 Å². The number of esters is 1. The van der Waals surface area contributed by atoms with Crippen LogP contribution in [0.4, 0.5) is 5.69 Å². The highest BCUT2D eigenvalue weighted by Crippen LogP contribution is 2.16. The van der Waals surface area contributed by atoms with E-state index in [4.69, 9.17) is 4.74 Å². The van der Waals surface area contributed by atoms with Crippen molar-refractivity contribution in [2.75, 3.05) is 11.9 Å². The number of anilines is 1. The van der Waals surface area contributed by atoms with E-state index in [1.807, 2.05) is 24.3 Å². The molecular weight excluding hydrogens is 230 g/mol. The van der Waals surface area contributed by atoms with Crippen LogP contribution in [0.1, 0.15) is 25.8 Å². The average molecular weight is 247 g/mol. The van der Waals surface area contributed by atoms with Crippen molar-refractivity contribution in [2.45, 2.75) is 20.3 Å². The minimum Gasteiger partial charge on any atom is -0.466 e. The molecule has 1 aromatic carbocycles. The molecule has 0 spiro atoms. The largest absolute Gasteiger partial charge is 0.466 e. The molecule has 4 nitrogen and oxygen atoms in total. The van der Waals surface area contributed by atoms with Gasteiger partial charge in [0.1, 0.15) is 0 Å². The summed E-state index contributed by atoms with van der Waals surface area (Å²) in [5.41, 5.74) is 1.59. The third-order valence-electron chi connectivity index (χ3n) is 2.16. The van der Waals surface area contributed by atoms with Crippen LogP contribution in [-0.4, -0.2) is 18.5 Å². The van der Waals surface area contributed by atoms with Gasteiger partial charge in [0, 0.05) is 12.6 Å². The number of benzene rings is 1. The van der Waals surface area contributed by atoms with Crippen LogP contribution in [0, 0.1) is 0 Å². The molecule has 4 heteroatoms. The Morgan fingerprint density at radius 3 is 2.72 bits per heavy atom. The van der Waals surface area contributed by atoms with E-state index in [0.717, 1.165) is 11.3 Å².